The molecule has 2 saturated heterocycles. The molecule has 4 rings (SSSR count). The Bertz CT molecular complexity index is 1260. The van der Waals surface area contributed by atoms with Crippen LogP contribution in [0, 0.1) is 13.8 Å². The molecule has 2 fully saturated rings. The average Bonchev–Trinajstić information content (AvgIpc) is 3.24. The molecule has 2 aliphatic rings. The minimum atomic E-state index is -4.28. The third-order valence-electron chi connectivity index (χ3n) is 5.65. The van der Waals surface area contributed by atoms with E-state index in [0.717, 1.165) is 11.1 Å². The Morgan fingerprint density at radius 3 is 1.91 bits per heavy atom. The van der Waals surface area contributed by atoms with Crippen LogP contribution in [0.2, 0.25) is 0 Å². The predicted molar refractivity (Wildman–Crippen MR) is 126 cm³/mol. The van der Waals surface area contributed by atoms with Crippen LogP contribution < -0.4 is 0 Å². The topological polar surface area (TPSA) is 114 Å². The number of hydrogen-bond donors (Lipinski definition) is 0. The van der Waals surface area contributed by atoms with Gasteiger partial charge in [0.15, 0.2) is 12.1 Å². The van der Waals surface area contributed by atoms with Crippen LogP contribution in [0.4, 0.5) is 0 Å². The molecule has 9 nitrogen and oxygen atoms in total. The number of rotatable bonds is 8. The Balaban J connectivity index is 1.63. The fourth-order valence-electron chi connectivity index (χ4n) is 3.91. The fraction of sp³-hybridized carbons (Fsp3) is 0.478. The summed E-state index contributed by atoms with van der Waals surface area (Å²) in [7, 11) is -8.52. The first-order chi connectivity index (χ1) is 16.3. The maximum absolute atomic E-state index is 13.1. The number of halogens is 1. The van der Waals surface area contributed by atoms with Crippen LogP contribution in [-0.4, -0.2) is 59.2 Å². The van der Waals surface area contributed by atoms with Gasteiger partial charge in [-0.05, 0) is 52.0 Å². The summed E-state index contributed by atoms with van der Waals surface area (Å²) >= 11 is 6.09. The maximum Gasteiger partial charge on any atom is 0.297 e. The quantitative estimate of drug-likeness (QED) is 0.363. The molecule has 0 saturated carbocycles. The highest BCUT2D eigenvalue weighted by Crippen LogP contribution is 2.41. The zero-order chi connectivity index (χ0) is 25.6. The molecule has 0 aliphatic carbocycles. The molecule has 0 N–H and O–H groups in total. The summed E-state index contributed by atoms with van der Waals surface area (Å²) in [5.74, 6) is -1.40. The van der Waals surface area contributed by atoms with Crippen molar-refractivity contribution in [1.82, 2.24) is 0 Å². The van der Waals surface area contributed by atoms with Crippen LogP contribution in [0.15, 0.2) is 58.3 Å². The van der Waals surface area contributed by atoms with Gasteiger partial charge >= 0.3 is 0 Å². The zero-order valence-electron chi connectivity index (χ0n) is 19.6. The molecule has 192 valence electrons. The van der Waals surface area contributed by atoms with Crippen molar-refractivity contribution >= 4 is 31.8 Å². The van der Waals surface area contributed by atoms with Gasteiger partial charge < -0.3 is 14.2 Å². The lowest BCUT2D eigenvalue weighted by Crippen LogP contribution is -2.46. The van der Waals surface area contributed by atoms with E-state index < -0.39 is 56.7 Å². The van der Waals surface area contributed by atoms with Crippen molar-refractivity contribution in [2.45, 2.75) is 74.0 Å². The normalized spacial score (nSPS) is 27.0. The predicted octanol–water partition coefficient (Wildman–Crippen LogP) is 3.27. The van der Waals surface area contributed by atoms with Gasteiger partial charge in [-0.25, -0.2) is 0 Å². The lowest BCUT2D eigenvalue weighted by atomic mass is 10.1. The van der Waals surface area contributed by atoms with E-state index in [1.807, 2.05) is 13.8 Å². The van der Waals surface area contributed by atoms with Crippen LogP contribution in [0.1, 0.15) is 25.0 Å². The van der Waals surface area contributed by atoms with Gasteiger partial charge in [0, 0.05) is 0 Å². The standard InChI is InChI=1S/C23H27ClO9S2/c1-14-5-9-16(10-6-14)34(25,26)32-18(13-24)19-20(21-22(29-19)31-23(3,4)30-21)33-35(27,28)17-11-7-15(2)8-12-17/h5-12,18-22H,13H2,1-4H3/t18-,19-,20-,21+,22+/m0/s1. The Kier molecular flexibility index (Phi) is 7.35. The summed E-state index contributed by atoms with van der Waals surface area (Å²) in [6.07, 6.45) is -5.78. The van der Waals surface area contributed by atoms with E-state index >= 15 is 0 Å². The molecular formula is C23H27ClO9S2. The molecule has 2 aromatic carbocycles. The highest BCUT2D eigenvalue weighted by Gasteiger charge is 2.59. The highest BCUT2D eigenvalue weighted by atomic mass is 35.5. The molecule has 2 aromatic rings. The smallest absolute Gasteiger partial charge is 0.297 e. The largest absolute Gasteiger partial charge is 0.341 e. The second kappa shape index (κ2) is 9.71. The van der Waals surface area contributed by atoms with Gasteiger partial charge in [0.25, 0.3) is 20.2 Å². The number of benzene rings is 2. The molecule has 0 aromatic heterocycles. The lowest BCUT2D eigenvalue weighted by molar-refractivity contribution is -0.220. The van der Waals surface area contributed by atoms with Gasteiger partial charge in [-0.2, -0.15) is 16.8 Å². The molecule has 12 heteroatoms. The van der Waals surface area contributed by atoms with Crippen molar-refractivity contribution in [3.8, 4) is 0 Å². The van der Waals surface area contributed by atoms with Crippen LogP contribution in [0.25, 0.3) is 0 Å². The first-order valence-electron chi connectivity index (χ1n) is 10.9. The Morgan fingerprint density at radius 1 is 0.886 bits per heavy atom. The first-order valence-corrected chi connectivity index (χ1v) is 14.2. The van der Waals surface area contributed by atoms with E-state index in [0.29, 0.717) is 0 Å². The van der Waals surface area contributed by atoms with Crippen LogP contribution in [0.5, 0.6) is 0 Å². The molecule has 2 aliphatic heterocycles. The molecule has 0 amide bonds. The SMILES string of the molecule is Cc1ccc(S(=O)(=O)O[C@H]2[C@H]([C@H](CCl)OS(=O)(=O)c3ccc(C)cc3)O[C@@H]3OC(C)(C)O[C@@H]32)cc1. The van der Waals surface area contributed by atoms with Crippen molar-refractivity contribution in [3.63, 3.8) is 0 Å². The van der Waals surface area contributed by atoms with Crippen LogP contribution in [0.3, 0.4) is 0 Å². The molecule has 0 radical (unpaired) electrons. The minimum Gasteiger partial charge on any atom is -0.341 e. The van der Waals surface area contributed by atoms with Gasteiger partial charge in [0.2, 0.25) is 0 Å². The van der Waals surface area contributed by atoms with Gasteiger partial charge in [-0.1, -0.05) is 35.4 Å². The van der Waals surface area contributed by atoms with E-state index in [4.69, 9.17) is 34.2 Å². The van der Waals surface area contributed by atoms with E-state index in [9.17, 15) is 16.8 Å². The molecule has 0 bridgehead atoms. The summed E-state index contributed by atoms with van der Waals surface area (Å²) in [4.78, 5) is -0.145. The van der Waals surface area contributed by atoms with Gasteiger partial charge in [0.05, 0.1) is 15.7 Å². The third kappa shape index (κ3) is 5.72. The summed E-state index contributed by atoms with van der Waals surface area (Å²) in [5.41, 5.74) is 1.74. The number of alkyl halides is 1. The van der Waals surface area contributed by atoms with Gasteiger partial charge in [0.1, 0.15) is 24.4 Å². The number of ether oxygens (including phenoxy) is 3. The van der Waals surface area contributed by atoms with E-state index in [-0.39, 0.29) is 15.7 Å². The lowest BCUT2D eigenvalue weighted by Gasteiger charge is -2.29. The number of hydrogen-bond acceptors (Lipinski definition) is 9. The van der Waals surface area contributed by atoms with Crippen LogP contribution >= 0.6 is 11.6 Å². The van der Waals surface area contributed by atoms with Crippen molar-refractivity contribution in [2.24, 2.45) is 0 Å². The summed E-state index contributed by atoms with van der Waals surface area (Å²) in [6, 6.07) is 12.2. The highest BCUT2D eigenvalue weighted by molar-refractivity contribution is 7.87. The zero-order valence-corrected chi connectivity index (χ0v) is 22.0. The Morgan fingerprint density at radius 2 is 1.40 bits per heavy atom. The second-order valence-corrected chi connectivity index (χ2v) is 12.4. The second-order valence-electron chi connectivity index (χ2n) is 8.95. The molecular weight excluding hydrogens is 520 g/mol. The van der Waals surface area contributed by atoms with E-state index in [2.05, 4.69) is 0 Å². The Labute approximate surface area is 210 Å². The van der Waals surface area contributed by atoms with Gasteiger partial charge in [-0.3, -0.25) is 8.37 Å². The molecule has 35 heavy (non-hydrogen) atoms. The molecule has 5 atom stereocenters. The van der Waals surface area contributed by atoms with Crippen molar-refractivity contribution in [2.75, 3.05) is 5.88 Å². The van der Waals surface area contributed by atoms with Gasteiger partial charge in [-0.15, -0.1) is 11.6 Å². The van der Waals surface area contributed by atoms with Crippen LogP contribution in [-0.2, 0) is 42.8 Å². The Hall–Kier alpha value is -1.57. The van der Waals surface area contributed by atoms with Crippen molar-refractivity contribution < 1.29 is 39.4 Å². The summed E-state index contributed by atoms with van der Waals surface area (Å²) in [5, 5.41) is 0. The maximum atomic E-state index is 13.1. The summed E-state index contributed by atoms with van der Waals surface area (Å²) < 4.78 is 80.4. The molecule has 2 heterocycles. The third-order valence-corrected chi connectivity index (χ3v) is 8.63. The molecule has 0 spiro atoms. The minimum absolute atomic E-state index is 0.0703. The number of fused-ring (bicyclic) bond motifs is 1. The molecule has 0 unspecified atom stereocenters. The fourth-order valence-corrected chi connectivity index (χ4v) is 6.40. The number of aryl methyl sites for hydroxylation is 2. The van der Waals surface area contributed by atoms with E-state index in [1.54, 1.807) is 38.1 Å². The van der Waals surface area contributed by atoms with Crippen molar-refractivity contribution in [3.05, 3.63) is 59.7 Å². The van der Waals surface area contributed by atoms with E-state index in [1.165, 1.54) is 24.3 Å². The first kappa shape index (κ1) is 26.5. The van der Waals surface area contributed by atoms with Crippen molar-refractivity contribution in [1.29, 1.82) is 0 Å². The average molecular weight is 547 g/mol. The summed E-state index contributed by atoms with van der Waals surface area (Å²) in [6.45, 7) is 6.94. The monoisotopic (exact) mass is 546 g/mol.